The summed E-state index contributed by atoms with van der Waals surface area (Å²) < 4.78 is 1.18. The van der Waals surface area contributed by atoms with E-state index < -0.39 is 16.1 Å². The molecule has 2 N–H and O–H groups in total. The largest absolute Gasteiger partial charge is 0.378 e. The number of aliphatic imine (C=N–C) groups is 1. The standard InChI is InChI=1S/C19H14ClN5O3S/c1-10-15-16(13-4-2-3-5-14(13)25(27)28)29-19(21)22-17(15)24(23-10)18(26)11-6-8-12(20)9-7-11/h2-9,16H,1H3,(H2,21,22)/t16-/m0/s1. The van der Waals surface area contributed by atoms with Crippen LogP contribution in [-0.4, -0.2) is 25.8 Å². The minimum Gasteiger partial charge on any atom is -0.378 e. The lowest BCUT2D eigenvalue weighted by Gasteiger charge is -2.21. The number of aryl methyl sites for hydroxylation is 1. The quantitative estimate of drug-likeness (QED) is 0.494. The number of carbonyl (C=O) groups is 1. The molecule has 29 heavy (non-hydrogen) atoms. The van der Waals surface area contributed by atoms with Crippen molar-refractivity contribution in [3.63, 3.8) is 0 Å². The van der Waals surface area contributed by atoms with Crippen molar-refractivity contribution in [3.8, 4) is 0 Å². The number of benzene rings is 2. The van der Waals surface area contributed by atoms with E-state index in [2.05, 4.69) is 10.1 Å². The molecule has 0 aliphatic carbocycles. The third kappa shape index (κ3) is 3.39. The van der Waals surface area contributed by atoms with Crippen molar-refractivity contribution < 1.29 is 9.72 Å². The first kappa shape index (κ1) is 19.2. The lowest BCUT2D eigenvalue weighted by Crippen LogP contribution is -2.18. The molecule has 1 aliphatic heterocycles. The summed E-state index contributed by atoms with van der Waals surface area (Å²) in [5, 5.41) is 16.1. The number of hydrogen-bond acceptors (Lipinski definition) is 7. The van der Waals surface area contributed by atoms with E-state index in [4.69, 9.17) is 17.3 Å². The Morgan fingerprint density at radius 3 is 2.62 bits per heavy atom. The maximum Gasteiger partial charge on any atom is 0.280 e. The van der Waals surface area contributed by atoms with Gasteiger partial charge in [-0.15, -0.1) is 0 Å². The van der Waals surface area contributed by atoms with Gasteiger partial charge < -0.3 is 5.73 Å². The van der Waals surface area contributed by atoms with Crippen LogP contribution >= 0.6 is 23.4 Å². The van der Waals surface area contributed by atoms with Gasteiger partial charge in [-0.3, -0.25) is 14.9 Å². The molecular weight excluding hydrogens is 414 g/mol. The molecule has 0 bridgehead atoms. The zero-order valence-electron chi connectivity index (χ0n) is 15.1. The predicted molar refractivity (Wildman–Crippen MR) is 112 cm³/mol. The first-order chi connectivity index (χ1) is 13.9. The molecule has 3 aromatic rings. The van der Waals surface area contributed by atoms with E-state index in [1.54, 1.807) is 49.4 Å². The Labute approximate surface area is 174 Å². The van der Waals surface area contributed by atoms with E-state index in [1.807, 2.05) is 0 Å². The second kappa shape index (κ2) is 7.34. The summed E-state index contributed by atoms with van der Waals surface area (Å²) in [7, 11) is 0. The molecule has 0 radical (unpaired) electrons. The Kier molecular flexibility index (Phi) is 4.85. The number of rotatable bonds is 3. The van der Waals surface area contributed by atoms with Gasteiger partial charge in [-0.25, -0.2) is 4.99 Å². The summed E-state index contributed by atoms with van der Waals surface area (Å²) in [6.45, 7) is 1.74. The van der Waals surface area contributed by atoms with Gasteiger partial charge in [0.15, 0.2) is 11.0 Å². The van der Waals surface area contributed by atoms with Gasteiger partial charge in [-0.1, -0.05) is 41.6 Å². The Balaban J connectivity index is 1.86. The average Bonchev–Trinajstić information content (AvgIpc) is 3.03. The number of nitro groups is 1. The second-order valence-electron chi connectivity index (χ2n) is 6.31. The van der Waals surface area contributed by atoms with Crippen LogP contribution in [-0.2, 0) is 0 Å². The highest BCUT2D eigenvalue weighted by Crippen LogP contribution is 2.48. The fraction of sp³-hybridized carbons (Fsp3) is 0.105. The number of thioether (sulfide) groups is 1. The smallest absolute Gasteiger partial charge is 0.280 e. The fourth-order valence-corrected chi connectivity index (χ4v) is 4.43. The number of nitrogens with zero attached hydrogens (tertiary/aromatic N) is 4. The molecule has 0 unspecified atom stereocenters. The molecule has 1 atom stereocenters. The van der Waals surface area contributed by atoms with Crippen molar-refractivity contribution in [1.82, 2.24) is 9.78 Å². The molecule has 1 aliphatic rings. The minimum atomic E-state index is -0.504. The Morgan fingerprint density at radius 2 is 1.93 bits per heavy atom. The number of nitrogens with two attached hydrogens (primary N) is 1. The third-order valence-electron chi connectivity index (χ3n) is 4.50. The molecule has 4 rings (SSSR count). The number of halogens is 1. The van der Waals surface area contributed by atoms with Crippen LogP contribution in [0.25, 0.3) is 0 Å². The maximum absolute atomic E-state index is 13.0. The monoisotopic (exact) mass is 427 g/mol. The molecule has 10 heteroatoms. The summed E-state index contributed by atoms with van der Waals surface area (Å²) in [5.74, 6) is -0.113. The Hall–Kier alpha value is -3.17. The molecule has 0 spiro atoms. The molecule has 0 amide bonds. The van der Waals surface area contributed by atoms with Gasteiger partial charge in [0.05, 0.1) is 15.9 Å². The summed E-state index contributed by atoms with van der Waals surface area (Å²) in [5.41, 5.74) is 8.02. The lowest BCUT2D eigenvalue weighted by molar-refractivity contribution is -0.385. The Bertz CT molecular complexity index is 1170. The maximum atomic E-state index is 13.0. The molecule has 0 fully saturated rings. The number of amidine groups is 1. The van der Waals surface area contributed by atoms with Crippen molar-refractivity contribution in [2.45, 2.75) is 12.2 Å². The molecule has 0 saturated carbocycles. The lowest BCUT2D eigenvalue weighted by atomic mass is 10.0. The summed E-state index contributed by atoms with van der Waals surface area (Å²) in [6, 6.07) is 12.9. The highest BCUT2D eigenvalue weighted by molar-refractivity contribution is 8.14. The summed E-state index contributed by atoms with van der Waals surface area (Å²) >= 11 is 7.09. The molecule has 8 nitrogen and oxygen atoms in total. The second-order valence-corrected chi connectivity index (χ2v) is 7.87. The van der Waals surface area contributed by atoms with E-state index in [-0.39, 0.29) is 16.7 Å². The molecule has 1 aromatic heterocycles. The van der Waals surface area contributed by atoms with Crippen LogP contribution in [0.4, 0.5) is 11.5 Å². The van der Waals surface area contributed by atoms with E-state index >= 15 is 0 Å². The van der Waals surface area contributed by atoms with Crippen molar-refractivity contribution in [3.05, 3.63) is 86.1 Å². The number of hydrogen-bond donors (Lipinski definition) is 1. The zero-order valence-corrected chi connectivity index (χ0v) is 16.6. The van der Waals surface area contributed by atoms with Gasteiger partial charge in [-0.05, 0) is 31.2 Å². The zero-order chi connectivity index (χ0) is 20.7. The van der Waals surface area contributed by atoms with E-state index in [1.165, 1.54) is 22.5 Å². The molecular formula is C19H14ClN5O3S. The normalized spacial score (nSPS) is 15.5. The van der Waals surface area contributed by atoms with Gasteiger partial charge in [0.2, 0.25) is 0 Å². The van der Waals surface area contributed by atoms with E-state index in [9.17, 15) is 14.9 Å². The van der Waals surface area contributed by atoms with Gasteiger partial charge in [0.25, 0.3) is 11.6 Å². The van der Waals surface area contributed by atoms with Crippen LogP contribution in [0.5, 0.6) is 0 Å². The molecule has 2 aromatic carbocycles. The van der Waals surface area contributed by atoms with Gasteiger partial charge >= 0.3 is 0 Å². The number of carbonyl (C=O) groups excluding carboxylic acids is 1. The van der Waals surface area contributed by atoms with E-state index in [0.717, 1.165) is 0 Å². The summed E-state index contributed by atoms with van der Waals surface area (Å²) in [6.07, 6.45) is 0. The highest BCUT2D eigenvalue weighted by atomic mass is 35.5. The Morgan fingerprint density at radius 1 is 1.24 bits per heavy atom. The van der Waals surface area contributed by atoms with Crippen LogP contribution in [0.3, 0.4) is 0 Å². The highest BCUT2D eigenvalue weighted by Gasteiger charge is 2.35. The molecule has 2 heterocycles. The third-order valence-corrected chi connectivity index (χ3v) is 5.81. The summed E-state index contributed by atoms with van der Waals surface area (Å²) in [4.78, 5) is 28.4. The molecule has 146 valence electrons. The first-order valence-electron chi connectivity index (χ1n) is 8.50. The van der Waals surface area contributed by atoms with Crippen molar-refractivity contribution in [2.24, 2.45) is 10.7 Å². The van der Waals surface area contributed by atoms with Crippen LogP contribution in [0.2, 0.25) is 5.02 Å². The van der Waals surface area contributed by atoms with E-state index in [0.29, 0.717) is 27.4 Å². The number of para-hydroxylation sites is 1. The SMILES string of the molecule is Cc1nn(C(=O)c2ccc(Cl)cc2)c2c1[C@H](c1ccccc1[N+](=O)[O-])SC(N)=N2. The van der Waals surface area contributed by atoms with Crippen molar-refractivity contribution in [2.75, 3.05) is 0 Å². The van der Waals surface area contributed by atoms with Crippen molar-refractivity contribution in [1.29, 1.82) is 0 Å². The number of aromatic nitrogens is 2. The predicted octanol–water partition coefficient (Wildman–Crippen LogP) is 4.22. The van der Waals surface area contributed by atoms with Gasteiger partial charge in [0.1, 0.15) is 0 Å². The average molecular weight is 428 g/mol. The molecule has 0 saturated heterocycles. The van der Waals surface area contributed by atoms with Gasteiger partial charge in [-0.2, -0.15) is 9.78 Å². The van der Waals surface area contributed by atoms with Crippen LogP contribution in [0, 0.1) is 17.0 Å². The minimum absolute atomic E-state index is 0.0261. The first-order valence-corrected chi connectivity index (χ1v) is 9.76. The number of nitro benzene ring substituents is 1. The van der Waals surface area contributed by atoms with Crippen molar-refractivity contribution >= 4 is 45.9 Å². The topological polar surface area (TPSA) is 116 Å². The number of fused-ring (bicyclic) bond motifs is 1. The van der Waals surface area contributed by atoms with Crippen LogP contribution in [0.15, 0.2) is 53.5 Å². The van der Waals surface area contributed by atoms with Gasteiger partial charge in [0, 0.05) is 27.8 Å². The van der Waals surface area contributed by atoms with Crippen LogP contribution in [0.1, 0.15) is 32.4 Å². The van der Waals surface area contributed by atoms with Crippen LogP contribution < -0.4 is 5.73 Å². The fourth-order valence-electron chi connectivity index (χ4n) is 3.20.